The highest BCUT2D eigenvalue weighted by Crippen LogP contribution is 2.24. The van der Waals surface area contributed by atoms with Gasteiger partial charge in [-0.25, -0.2) is 4.39 Å². The van der Waals surface area contributed by atoms with E-state index in [9.17, 15) is 4.39 Å². The van der Waals surface area contributed by atoms with Crippen molar-refractivity contribution < 1.29 is 4.39 Å². The highest BCUT2D eigenvalue weighted by atomic mass is 35.5. The molecule has 1 saturated heterocycles. The zero-order chi connectivity index (χ0) is 18.6. The molecular weight excluding hydrogens is 367 g/mol. The number of nitrogens with zero attached hydrogens (tertiary/aromatic N) is 5. The molecule has 0 saturated carbocycles. The van der Waals surface area contributed by atoms with E-state index in [0.29, 0.717) is 11.0 Å². The van der Waals surface area contributed by atoms with Crippen LogP contribution in [-0.2, 0) is 0 Å². The number of hydrogen-bond donors (Lipinski definition) is 1. The van der Waals surface area contributed by atoms with Gasteiger partial charge in [0.2, 0.25) is 5.95 Å². The van der Waals surface area contributed by atoms with Crippen molar-refractivity contribution in [2.45, 2.75) is 0 Å². The molecule has 3 aromatic rings. The van der Waals surface area contributed by atoms with Gasteiger partial charge in [-0.15, -0.1) is 5.10 Å². The maximum atomic E-state index is 13.1. The standard InChI is InChI=1S/C19H18ClFN6/c20-16-3-1-2-4-17(16)23-19-24-18(13-22-25-19)27-11-9-26(10-12-27)15-7-5-14(21)6-8-15/h1-8,13H,9-12H2,(H,23,24,25). The van der Waals surface area contributed by atoms with E-state index < -0.39 is 0 Å². The van der Waals surface area contributed by atoms with Gasteiger partial charge in [0.25, 0.3) is 0 Å². The number of hydrogen-bond acceptors (Lipinski definition) is 6. The maximum Gasteiger partial charge on any atom is 0.249 e. The Morgan fingerprint density at radius 3 is 2.37 bits per heavy atom. The molecule has 0 atom stereocenters. The van der Waals surface area contributed by atoms with Crippen LogP contribution >= 0.6 is 11.6 Å². The van der Waals surface area contributed by atoms with E-state index in [1.165, 1.54) is 12.1 Å². The van der Waals surface area contributed by atoms with Crippen LogP contribution < -0.4 is 15.1 Å². The van der Waals surface area contributed by atoms with Crippen molar-refractivity contribution in [3.05, 3.63) is 65.6 Å². The van der Waals surface area contributed by atoms with E-state index in [0.717, 1.165) is 43.4 Å². The molecule has 2 heterocycles. The first kappa shape index (κ1) is 17.5. The summed E-state index contributed by atoms with van der Waals surface area (Å²) < 4.78 is 13.1. The van der Waals surface area contributed by atoms with Gasteiger partial charge in [0.1, 0.15) is 5.82 Å². The average molecular weight is 385 g/mol. The molecule has 0 spiro atoms. The molecule has 1 aliphatic heterocycles. The lowest BCUT2D eigenvalue weighted by atomic mass is 10.2. The van der Waals surface area contributed by atoms with E-state index in [1.807, 2.05) is 30.3 Å². The van der Waals surface area contributed by atoms with Crippen molar-refractivity contribution >= 4 is 34.7 Å². The molecule has 1 fully saturated rings. The molecule has 0 bridgehead atoms. The lowest BCUT2D eigenvalue weighted by Gasteiger charge is -2.36. The van der Waals surface area contributed by atoms with Crippen LogP contribution in [0.4, 0.5) is 27.5 Å². The third-order valence-corrected chi connectivity index (χ3v) is 4.79. The number of aromatic nitrogens is 3. The summed E-state index contributed by atoms with van der Waals surface area (Å²) in [6.45, 7) is 3.23. The Balaban J connectivity index is 1.43. The lowest BCUT2D eigenvalue weighted by Crippen LogP contribution is -2.46. The lowest BCUT2D eigenvalue weighted by molar-refractivity contribution is 0.624. The molecule has 138 valence electrons. The van der Waals surface area contributed by atoms with Gasteiger partial charge in [-0.05, 0) is 36.4 Å². The van der Waals surface area contributed by atoms with E-state index in [4.69, 9.17) is 11.6 Å². The van der Waals surface area contributed by atoms with Crippen molar-refractivity contribution in [3.63, 3.8) is 0 Å². The van der Waals surface area contributed by atoms with Crippen LogP contribution in [0.5, 0.6) is 0 Å². The summed E-state index contributed by atoms with van der Waals surface area (Å²) in [5.41, 5.74) is 1.76. The van der Waals surface area contributed by atoms with Crippen molar-refractivity contribution in [2.24, 2.45) is 0 Å². The van der Waals surface area contributed by atoms with Crippen LogP contribution in [0.1, 0.15) is 0 Å². The van der Waals surface area contributed by atoms with Crippen molar-refractivity contribution in [1.82, 2.24) is 15.2 Å². The maximum absolute atomic E-state index is 13.1. The Morgan fingerprint density at radius 2 is 1.63 bits per heavy atom. The fourth-order valence-corrected chi connectivity index (χ4v) is 3.21. The SMILES string of the molecule is Fc1ccc(N2CCN(c3cnnc(Nc4ccccc4Cl)n3)CC2)cc1. The first-order valence-corrected chi connectivity index (χ1v) is 9.03. The van der Waals surface area contributed by atoms with Crippen LogP contribution in [0.3, 0.4) is 0 Å². The molecule has 2 aromatic carbocycles. The van der Waals surface area contributed by atoms with Crippen LogP contribution in [0, 0.1) is 5.82 Å². The number of benzene rings is 2. The first-order chi connectivity index (χ1) is 13.2. The Hall–Kier alpha value is -2.93. The van der Waals surface area contributed by atoms with Gasteiger partial charge >= 0.3 is 0 Å². The second-order valence-corrected chi connectivity index (χ2v) is 6.60. The molecule has 1 aliphatic rings. The van der Waals surface area contributed by atoms with Gasteiger partial charge in [-0.3, -0.25) is 0 Å². The molecule has 1 N–H and O–H groups in total. The Kier molecular flexibility index (Phi) is 5.02. The smallest absolute Gasteiger partial charge is 0.249 e. The number of rotatable bonds is 4. The van der Waals surface area contributed by atoms with Crippen LogP contribution in [0.15, 0.2) is 54.7 Å². The van der Waals surface area contributed by atoms with Gasteiger partial charge in [-0.1, -0.05) is 23.7 Å². The largest absolute Gasteiger partial charge is 0.368 e. The predicted octanol–water partition coefficient (Wildman–Crippen LogP) is 3.73. The molecule has 1 aromatic heterocycles. The van der Waals surface area contributed by atoms with E-state index in [1.54, 1.807) is 12.3 Å². The van der Waals surface area contributed by atoms with Crippen molar-refractivity contribution in [2.75, 3.05) is 41.3 Å². The average Bonchev–Trinajstić information content (AvgIpc) is 2.71. The molecule has 6 nitrogen and oxygen atoms in total. The van der Waals surface area contributed by atoms with Gasteiger partial charge < -0.3 is 15.1 Å². The third-order valence-electron chi connectivity index (χ3n) is 4.46. The molecule has 4 rings (SSSR count). The molecule has 0 radical (unpaired) electrons. The zero-order valence-electron chi connectivity index (χ0n) is 14.5. The van der Waals surface area contributed by atoms with E-state index >= 15 is 0 Å². The Bertz CT molecular complexity index is 912. The second-order valence-electron chi connectivity index (χ2n) is 6.19. The van der Waals surface area contributed by atoms with Gasteiger partial charge in [0, 0.05) is 31.9 Å². The van der Waals surface area contributed by atoms with Crippen LogP contribution in [0.25, 0.3) is 0 Å². The molecule has 0 amide bonds. The first-order valence-electron chi connectivity index (χ1n) is 8.66. The molecule has 8 heteroatoms. The third kappa shape index (κ3) is 4.09. The number of piperazine rings is 1. The summed E-state index contributed by atoms with van der Waals surface area (Å²) in [4.78, 5) is 8.95. The topological polar surface area (TPSA) is 57.2 Å². The molecule has 0 aliphatic carbocycles. The fraction of sp³-hybridized carbons (Fsp3) is 0.211. The summed E-state index contributed by atoms with van der Waals surface area (Å²) in [7, 11) is 0. The quantitative estimate of drug-likeness (QED) is 0.739. The zero-order valence-corrected chi connectivity index (χ0v) is 15.3. The summed E-state index contributed by atoms with van der Waals surface area (Å²) in [5.74, 6) is 0.947. The number of nitrogens with one attached hydrogen (secondary N) is 1. The monoisotopic (exact) mass is 384 g/mol. The summed E-state index contributed by atoms with van der Waals surface area (Å²) in [5, 5.41) is 11.8. The van der Waals surface area contributed by atoms with Gasteiger partial charge in [0.15, 0.2) is 5.82 Å². The number of para-hydroxylation sites is 1. The fourth-order valence-electron chi connectivity index (χ4n) is 3.03. The van der Waals surface area contributed by atoms with Crippen molar-refractivity contribution in [3.8, 4) is 0 Å². The van der Waals surface area contributed by atoms with Gasteiger partial charge in [-0.2, -0.15) is 10.1 Å². The summed E-state index contributed by atoms with van der Waals surface area (Å²) in [6.07, 6.45) is 1.66. The highest BCUT2D eigenvalue weighted by molar-refractivity contribution is 6.33. The number of halogens is 2. The van der Waals surface area contributed by atoms with Crippen molar-refractivity contribution in [1.29, 1.82) is 0 Å². The highest BCUT2D eigenvalue weighted by Gasteiger charge is 2.19. The predicted molar refractivity (Wildman–Crippen MR) is 105 cm³/mol. The Labute approximate surface area is 161 Å². The van der Waals surface area contributed by atoms with Crippen LogP contribution in [0.2, 0.25) is 5.02 Å². The summed E-state index contributed by atoms with van der Waals surface area (Å²) in [6, 6.07) is 14.0. The second kappa shape index (κ2) is 7.75. The summed E-state index contributed by atoms with van der Waals surface area (Å²) >= 11 is 6.17. The minimum atomic E-state index is -0.219. The Morgan fingerprint density at radius 1 is 0.926 bits per heavy atom. The normalized spacial score (nSPS) is 14.3. The van der Waals surface area contributed by atoms with E-state index in [2.05, 4.69) is 30.3 Å². The molecule has 27 heavy (non-hydrogen) atoms. The number of anilines is 4. The van der Waals surface area contributed by atoms with E-state index in [-0.39, 0.29) is 5.82 Å². The molecular formula is C19H18ClFN6. The van der Waals surface area contributed by atoms with Gasteiger partial charge in [0.05, 0.1) is 16.9 Å². The minimum Gasteiger partial charge on any atom is -0.368 e. The van der Waals surface area contributed by atoms with Crippen LogP contribution in [-0.4, -0.2) is 41.4 Å². The molecule has 0 unspecified atom stereocenters. The minimum absolute atomic E-state index is 0.219.